The third-order valence-corrected chi connectivity index (χ3v) is 2.46. The minimum atomic E-state index is -0.315. The molecule has 0 saturated heterocycles. The van der Waals surface area contributed by atoms with Crippen LogP contribution >= 0.6 is 0 Å². The molecule has 84 valence electrons. The van der Waals surface area contributed by atoms with Crippen molar-refractivity contribution >= 4 is 0 Å². The lowest BCUT2D eigenvalue weighted by Gasteiger charge is -2.16. The van der Waals surface area contributed by atoms with E-state index in [1.165, 1.54) is 5.56 Å². The maximum atomic E-state index is 5.61. The summed E-state index contributed by atoms with van der Waals surface area (Å²) in [6.07, 6.45) is -0.315. The molecule has 3 heteroatoms. The van der Waals surface area contributed by atoms with E-state index < -0.39 is 0 Å². The fraction of sp³-hybridized carbons (Fsp3) is 0.500. The number of rotatable bonds is 5. The molecule has 0 spiro atoms. The van der Waals surface area contributed by atoms with Crippen molar-refractivity contribution in [3.05, 3.63) is 29.3 Å². The van der Waals surface area contributed by atoms with Gasteiger partial charge in [-0.3, -0.25) is 0 Å². The lowest BCUT2D eigenvalue weighted by atomic mass is 10.1. The normalized spacial score (nSPS) is 10.7. The second-order valence-electron chi connectivity index (χ2n) is 3.41. The largest absolute Gasteiger partial charge is 0.488 e. The maximum Gasteiger partial charge on any atom is 0.191 e. The summed E-state index contributed by atoms with van der Waals surface area (Å²) < 4.78 is 15.7. The van der Waals surface area contributed by atoms with Crippen LogP contribution in [0.5, 0.6) is 5.75 Å². The molecule has 1 rings (SSSR count). The second-order valence-corrected chi connectivity index (χ2v) is 3.41. The molecule has 0 aliphatic carbocycles. The summed E-state index contributed by atoms with van der Waals surface area (Å²) in [5.74, 6) is 0.883. The van der Waals surface area contributed by atoms with Crippen molar-refractivity contribution in [3.8, 4) is 5.75 Å². The van der Waals surface area contributed by atoms with Gasteiger partial charge in [-0.05, 0) is 31.0 Å². The van der Waals surface area contributed by atoms with Gasteiger partial charge in [0.1, 0.15) is 12.4 Å². The molecule has 3 nitrogen and oxygen atoms in total. The zero-order valence-corrected chi connectivity index (χ0v) is 9.74. The molecule has 15 heavy (non-hydrogen) atoms. The molecule has 0 amide bonds. The Hall–Kier alpha value is -1.06. The van der Waals surface area contributed by atoms with Crippen molar-refractivity contribution in [2.45, 2.75) is 20.1 Å². The van der Waals surface area contributed by atoms with Gasteiger partial charge in [0, 0.05) is 14.2 Å². The van der Waals surface area contributed by atoms with Gasteiger partial charge < -0.3 is 14.2 Å². The quantitative estimate of drug-likeness (QED) is 0.698. The third kappa shape index (κ3) is 3.22. The molecule has 0 aromatic heterocycles. The average molecular weight is 210 g/mol. The standard InChI is InChI=1S/C12H18O3/c1-9-6-5-7-11(10(9)2)15-8-12(13-3)14-4/h5-7,12H,8H2,1-4H3. The Morgan fingerprint density at radius 3 is 2.40 bits per heavy atom. The fourth-order valence-electron chi connectivity index (χ4n) is 1.27. The number of aryl methyl sites for hydroxylation is 1. The van der Waals surface area contributed by atoms with E-state index in [1.807, 2.05) is 19.1 Å². The molecule has 0 heterocycles. The Balaban J connectivity index is 2.61. The van der Waals surface area contributed by atoms with Crippen LogP contribution in [0.15, 0.2) is 18.2 Å². The highest BCUT2D eigenvalue weighted by molar-refractivity contribution is 5.38. The number of methoxy groups -OCH3 is 2. The lowest BCUT2D eigenvalue weighted by Crippen LogP contribution is -2.22. The smallest absolute Gasteiger partial charge is 0.191 e. The summed E-state index contributed by atoms with van der Waals surface area (Å²) in [4.78, 5) is 0. The van der Waals surface area contributed by atoms with Gasteiger partial charge in [0.15, 0.2) is 6.29 Å². The van der Waals surface area contributed by atoms with E-state index in [4.69, 9.17) is 14.2 Å². The van der Waals surface area contributed by atoms with Gasteiger partial charge in [-0.2, -0.15) is 0 Å². The molecule has 0 bridgehead atoms. The van der Waals surface area contributed by atoms with Crippen LogP contribution in [-0.2, 0) is 9.47 Å². The van der Waals surface area contributed by atoms with Crippen LogP contribution in [0, 0.1) is 13.8 Å². The predicted molar refractivity (Wildman–Crippen MR) is 59.2 cm³/mol. The summed E-state index contributed by atoms with van der Waals surface area (Å²) >= 11 is 0. The van der Waals surface area contributed by atoms with Crippen LogP contribution in [0.3, 0.4) is 0 Å². The molecular weight excluding hydrogens is 192 g/mol. The molecule has 0 N–H and O–H groups in total. The lowest BCUT2D eigenvalue weighted by molar-refractivity contribution is -0.122. The van der Waals surface area contributed by atoms with Crippen molar-refractivity contribution in [1.82, 2.24) is 0 Å². The van der Waals surface area contributed by atoms with Crippen LogP contribution in [0.1, 0.15) is 11.1 Å². The van der Waals surface area contributed by atoms with Crippen LogP contribution in [0.25, 0.3) is 0 Å². The van der Waals surface area contributed by atoms with E-state index in [0.29, 0.717) is 6.61 Å². The second kappa shape index (κ2) is 5.73. The number of benzene rings is 1. The maximum absolute atomic E-state index is 5.61. The van der Waals surface area contributed by atoms with E-state index in [-0.39, 0.29) is 6.29 Å². The number of ether oxygens (including phenoxy) is 3. The molecule has 1 aromatic rings. The zero-order chi connectivity index (χ0) is 11.3. The van der Waals surface area contributed by atoms with E-state index in [2.05, 4.69) is 13.0 Å². The molecule has 0 unspecified atom stereocenters. The van der Waals surface area contributed by atoms with Gasteiger partial charge in [0.25, 0.3) is 0 Å². The Bertz CT molecular complexity index is 306. The van der Waals surface area contributed by atoms with E-state index in [1.54, 1.807) is 14.2 Å². The monoisotopic (exact) mass is 210 g/mol. The predicted octanol–water partition coefficient (Wildman–Crippen LogP) is 2.30. The van der Waals surface area contributed by atoms with Gasteiger partial charge in [-0.15, -0.1) is 0 Å². The summed E-state index contributed by atoms with van der Waals surface area (Å²) in [5.41, 5.74) is 2.38. The average Bonchev–Trinajstić information content (AvgIpc) is 2.25. The molecule has 0 aliphatic rings. The van der Waals surface area contributed by atoms with Crippen molar-refractivity contribution < 1.29 is 14.2 Å². The molecule has 0 fully saturated rings. The van der Waals surface area contributed by atoms with Crippen LogP contribution < -0.4 is 4.74 Å². The zero-order valence-electron chi connectivity index (χ0n) is 9.74. The van der Waals surface area contributed by atoms with Gasteiger partial charge >= 0.3 is 0 Å². The Morgan fingerprint density at radius 2 is 1.80 bits per heavy atom. The molecule has 0 atom stereocenters. The molecule has 0 saturated carbocycles. The van der Waals surface area contributed by atoms with Crippen molar-refractivity contribution in [2.24, 2.45) is 0 Å². The highest BCUT2D eigenvalue weighted by atomic mass is 16.7. The minimum Gasteiger partial charge on any atom is -0.488 e. The summed E-state index contributed by atoms with van der Waals surface area (Å²) in [5, 5.41) is 0. The topological polar surface area (TPSA) is 27.7 Å². The SMILES string of the molecule is COC(COc1cccc(C)c1C)OC. The number of hydrogen-bond donors (Lipinski definition) is 0. The van der Waals surface area contributed by atoms with Gasteiger partial charge in [0.2, 0.25) is 0 Å². The first-order chi connectivity index (χ1) is 7.19. The first-order valence-corrected chi connectivity index (χ1v) is 4.93. The van der Waals surface area contributed by atoms with Crippen molar-refractivity contribution in [3.63, 3.8) is 0 Å². The van der Waals surface area contributed by atoms with Crippen LogP contribution in [0.4, 0.5) is 0 Å². The van der Waals surface area contributed by atoms with Gasteiger partial charge in [-0.1, -0.05) is 12.1 Å². The molecule has 0 aliphatic heterocycles. The first kappa shape index (κ1) is 12.0. The molecule has 0 radical (unpaired) electrons. The van der Waals surface area contributed by atoms with Crippen molar-refractivity contribution in [1.29, 1.82) is 0 Å². The van der Waals surface area contributed by atoms with Crippen LogP contribution in [-0.4, -0.2) is 27.1 Å². The minimum absolute atomic E-state index is 0.315. The highest BCUT2D eigenvalue weighted by Crippen LogP contribution is 2.20. The Kier molecular flexibility index (Phi) is 4.59. The van der Waals surface area contributed by atoms with Crippen molar-refractivity contribution in [2.75, 3.05) is 20.8 Å². The van der Waals surface area contributed by atoms with E-state index >= 15 is 0 Å². The third-order valence-electron chi connectivity index (χ3n) is 2.46. The number of hydrogen-bond acceptors (Lipinski definition) is 3. The van der Waals surface area contributed by atoms with Crippen LogP contribution in [0.2, 0.25) is 0 Å². The highest BCUT2D eigenvalue weighted by Gasteiger charge is 2.07. The molecular formula is C12H18O3. The van der Waals surface area contributed by atoms with Gasteiger partial charge in [0.05, 0.1) is 0 Å². The fourth-order valence-corrected chi connectivity index (χ4v) is 1.27. The summed E-state index contributed by atoms with van der Waals surface area (Å²) in [6.45, 7) is 4.50. The van der Waals surface area contributed by atoms with E-state index in [9.17, 15) is 0 Å². The summed E-state index contributed by atoms with van der Waals surface area (Å²) in [7, 11) is 3.20. The first-order valence-electron chi connectivity index (χ1n) is 4.93. The Labute approximate surface area is 91.0 Å². The Morgan fingerprint density at radius 1 is 1.13 bits per heavy atom. The van der Waals surface area contributed by atoms with Gasteiger partial charge in [-0.25, -0.2) is 0 Å². The van der Waals surface area contributed by atoms with E-state index in [0.717, 1.165) is 11.3 Å². The summed E-state index contributed by atoms with van der Waals surface area (Å²) in [6, 6.07) is 5.99. The molecule has 1 aromatic carbocycles.